The number of phenolic OH excluding ortho intramolecular Hbond substituents is 1. The van der Waals surface area contributed by atoms with E-state index in [1.165, 1.54) is 42.5 Å². The lowest BCUT2D eigenvalue weighted by molar-refractivity contribution is -0.129. The van der Waals surface area contributed by atoms with Crippen LogP contribution in [0, 0.1) is 0 Å². The molecule has 110 valence electrons. The van der Waals surface area contributed by atoms with Crippen LogP contribution in [0.5, 0.6) is 5.75 Å². The maximum Gasteiger partial charge on any atom is 0.339 e. The van der Waals surface area contributed by atoms with Gasteiger partial charge in [0.1, 0.15) is 5.75 Å². The lowest BCUT2D eigenvalue weighted by Crippen LogP contribution is -2.35. The summed E-state index contributed by atoms with van der Waals surface area (Å²) < 4.78 is 5.06. The summed E-state index contributed by atoms with van der Waals surface area (Å²) in [5.74, 6) is -1.04. The third-order valence-electron chi connectivity index (χ3n) is 2.75. The van der Waals surface area contributed by atoms with Crippen LogP contribution in [0.4, 0.5) is 0 Å². The zero-order chi connectivity index (χ0) is 15.2. The fourth-order valence-corrected chi connectivity index (χ4v) is 2.29. The summed E-state index contributed by atoms with van der Waals surface area (Å²) in [5, 5.41) is 13.9. The van der Waals surface area contributed by atoms with E-state index >= 15 is 0 Å². The molecule has 0 aliphatic carbocycles. The molecule has 0 bridgehead atoms. The molecule has 1 heterocycles. The summed E-state index contributed by atoms with van der Waals surface area (Å²) in [6, 6.07) is 9.60. The first-order chi connectivity index (χ1) is 10.1. The van der Waals surface area contributed by atoms with E-state index in [-0.39, 0.29) is 17.2 Å². The number of hydrogen-bond donors (Lipinski definition) is 2. The van der Waals surface area contributed by atoms with Gasteiger partial charge in [-0.25, -0.2) is 4.79 Å². The highest BCUT2D eigenvalue weighted by molar-refractivity contribution is 7.09. The minimum absolute atomic E-state index is 0.0285. The molecule has 0 radical (unpaired) electrons. The third-order valence-corrected chi connectivity index (χ3v) is 3.63. The molecule has 1 unspecified atom stereocenters. The highest BCUT2D eigenvalue weighted by atomic mass is 32.1. The second-order valence-electron chi connectivity index (χ2n) is 4.40. The van der Waals surface area contributed by atoms with Crippen molar-refractivity contribution in [1.82, 2.24) is 5.32 Å². The monoisotopic (exact) mass is 305 g/mol. The van der Waals surface area contributed by atoms with E-state index in [1.807, 2.05) is 17.5 Å². The first-order valence-corrected chi connectivity index (χ1v) is 7.24. The average Bonchev–Trinajstić information content (AvgIpc) is 2.97. The molecule has 21 heavy (non-hydrogen) atoms. The van der Waals surface area contributed by atoms with Gasteiger partial charge in [0, 0.05) is 4.88 Å². The van der Waals surface area contributed by atoms with Gasteiger partial charge >= 0.3 is 5.97 Å². The Morgan fingerprint density at radius 1 is 1.33 bits per heavy atom. The molecule has 6 heteroatoms. The molecule has 0 aliphatic heterocycles. The van der Waals surface area contributed by atoms with Crippen molar-refractivity contribution in [2.24, 2.45) is 0 Å². The number of carbonyl (C=O) groups is 2. The summed E-state index contributed by atoms with van der Waals surface area (Å²) >= 11 is 1.54. The van der Waals surface area contributed by atoms with E-state index in [2.05, 4.69) is 5.32 Å². The summed E-state index contributed by atoms with van der Waals surface area (Å²) in [4.78, 5) is 24.7. The van der Waals surface area contributed by atoms with E-state index in [4.69, 9.17) is 4.74 Å². The third kappa shape index (κ3) is 4.32. The number of ether oxygens (including phenoxy) is 1. The van der Waals surface area contributed by atoms with E-state index in [0.717, 1.165) is 4.88 Å². The molecule has 1 aromatic heterocycles. The van der Waals surface area contributed by atoms with Crippen LogP contribution in [0.25, 0.3) is 0 Å². The van der Waals surface area contributed by atoms with Crippen molar-refractivity contribution < 1.29 is 19.4 Å². The fraction of sp³-hybridized carbons (Fsp3) is 0.200. The number of aromatic hydroxyl groups is 1. The van der Waals surface area contributed by atoms with Gasteiger partial charge in [0.15, 0.2) is 6.10 Å². The second-order valence-corrected chi connectivity index (χ2v) is 5.43. The lowest BCUT2D eigenvalue weighted by atomic mass is 10.2. The zero-order valence-electron chi connectivity index (χ0n) is 11.4. The minimum atomic E-state index is -0.903. The molecule has 1 aromatic carbocycles. The van der Waals surface area contributed by atoms with Crippen molar-refractivity contribution in [3.63, 3.8) is 0 Å². The topological polar surface area (TPSA) is 75.6 Å². The molecule has 0 saturated carbocycles. The van der Waals surface area contributed by atoms with Crippen molar-refractivity contribution in [1.29, 1.82) is 0 Å². The number of hydrogen-bond acceptors (Lipinski definition) is 5. The van der Waals surface area contributed by atoms with Crippen molar-refractivity contribution in [2.45, 2.75) is 19.6 Å². The second kappa shape index (κ2) is 6.90. The number of phenols is 1. The quantitative estimate of drug-likeness (QED) is 0.831. The summed E-state index contributed by atoms with van der Waals surface area (Å²) in [7, 11) is 0. The van der Waals surface area contributed by atoms with Crippen LogP contribution in [0.2, 0.25) is 0 Å². The number of benzene rings is 1. The van der Waals surface area contributed by atoms with Crippen LogP contribution in [-0.2, 0) is 16.1 Å². The van der Waals surface area contributed by atoms with Crippen LogP contribution in [-0.4, -0.2) is 23.1 Å². The van der Waals surface area contributed by atoms with Crippen molar-refractivity contribution >= 4 is 23.2 Å². The zero-order valence-corrected chi connectivity index (χ0v) is 12.2. The SMILES string of the molecule is CC(OC(=O)c1cccc(O)c1)C(=O)NCc1cccs1. The van der Waals surface area contributed by atoms with Crippen molar-refractivity contribution in [2.75, 3.05) is 0 Å². The predicted molar refractivity (Wildman–Crippen MR) is 79.2 cm³/mol. The Morgan fingerprint density at radius 2 is 2.14 bits per heavy atom. The largest absolute Gasteiger partial charge is 0.508 e. The maximum atomic E-state index is 11.8. The van der Waals surface area contributed by atoms with Crippen LogP contribution in [0.1, 0.15) is 22.2 Å². The van der Waals surface area contributed by atoms with Crippen molar-refractivity contribution in [3.8, 4) is 5.75 Å². The van der Waals surface area contributed by atoms with E-state index in [9.17, 15) is 14.7 Å². The number of nitrogens with one attached hydrogen (secondary N) is 1. The Kier molecular flexibility index (Phi) is 4.94. The maximum absolute atomic E-state index is 11.8. The Labute approximate surface area is 126 Å². The number of amides is 1. The first-order valence-electron chi connectivity index (χ1n) is 6.36. The molecule has 2 rings (SSSR count). The van der Waals surface area contributed by atoms with Crippen LogP contribution in [0.15, 0.2) is 41.8 Å². The van der Waals surface area contributed by atoms with E-state index < -0.39 is 12.1 Å². The molecule has 0 aliphatic rings. The van der Waals surface area contributed by atoms with Gasteiger partial charge < -0.3 is 15.2 Å². The van der Waals surface area contributed by atoms with E-state index in [0.29, 0.717) is 6.54 Å². The van der Waals surface area contributed by atoms with Gasteiger partial charge in [0.25, 0.3) is 5.91 Å². The number of rotatable bonds is 5. The number of esters is 1. The molecule has 2 N–H and O–H groups in total. The smallest absolute Gasteiger partial charge is 0.339 e. The Hall–Kier alpha value is -2.34. The minimum Gasteiger partial charge on any atom is -0.508 e. The van der Waals surface area contributed by atoms with Gasteiger partial charge in [-0.1, -0.05) is 12.1 Å². The highest BCUT2D eigenvalue weighted by Crippen LogP contribution is 2.13. The van der Waals surface area contributed by atoms with Crippen LogP contribution >= 0.6 is 11.3 Å². The van der Waals surface area contributed by atoms with Gasteiger partial charge in [0.05, 0.1) is 12.1 Å². The summed E-state index contributed by atoms with van der Waals surface area (Å²) in [5.41, 5.74) is 0.202. The highest BCUT2D eigenvalue weighted by Gasteiger charge is 2.18. The molecule has 2 aromatic rings. The Bertz CT molecular complexity index is 624. The average molecular weight is 305 g/mol. The summed E-state index contributed by atoms with van der Waals surface area (Å²) in [6.45, 7) is 1.91. The van der Waals surface area contributed by atoms with Gasteiger partial charge in [-0.15, -0.1) is 11.3 Å². The normalized spacial score (nSPS) is 11.7. The molecule has 1 amide bonds. The van der Waals surface area contributed by atoms with Gasteiger partial charge in [-0.05, 0) is 36.6 Å². The standard InChI is InChI=1S/C15H15NO4S/c1-10(14(18)16-9-13-6-3-7-21-13)20-15(19)11-4-2-5-12(17)8-11/h2-8,10,17H,9H2,1H3,(H,16,18). The fourth-order valence-electron chi connectivity index (χ4n) is 1.65. The van der Waals surface area contributed by atoms with Gasteiger partial charge in [-0.2, -0.15) is 0 Å². The molecular weight excluding hydrogens is 290 g/mol. The Morgan fingerprint density at radius 3 is 2.81 bits per heavy atom. The lowest BCUT2D eigenvalue weighted by Gasteiger charge is -2.13. The first kappa shape index (κ1) is 15.1. The molecule has 0 saturated heterocycles. The van der Waals surface area contributed by atoms with E-state index in [1.54, 1.807) is 0 Å². The predicted octanol–water partition coefficient (Wildman–Crippen LogP) is 2.32. The van der Waals surface area contributed by atoms with Gasteiger partial charge in [0.2, 0.25) is 0 Å². The van der Waals surface area contributed by atoms with Gasteiger partial charge in [-0.3, -0.25) is 4.79 Å². The molecule has 5 nitrogen and oxygen atoms in total. The molecule has 1 atom stereocenters. The van der Waals surface area contributed by atoms with Crippen LogP contribution in [0.3, 0.4) is 0 Å². The molecule has 0 fully saturated rings. The number of carbonyl (C=O) groups excluding carboxylic acids is 2. The Balaban J connectivity index is 1.86. The van der Waals surface area contributed by atoms with Crippen LogP contribution < -0.4 is 5.32 Å². The molecular formula is C15H15NO4S. The van der Waals surface area contributed by atoms with Crippen molar-refractivity contribution in [3.05, 3.63) is 52.2 Å². The summed E-state index contributed by atoms with van der Waals surface area (Å²) in [6.07, 6.45) is -0.903. The molecule has 0 spiro atoms. The number of thiophene rings is 1.